The third-order valence-corrected chi connectivity index (χ3v) is 2.00. The molecule has 0 bridgehead atoms. The van der Waals surface area contributed by atoms with Crippen LogP contribution in [-0.2, 0) is 16.1 Å². The zero-order valence-electron chi connectivity index (χ0n) is 9.47. The van der Waals surface area contributed by atoms with Crippen LogP contribution in [0.3, 0.4) is 0 Å². The third-order valence-electron chi connectivity index (χ3n) is 2.00. The predicted molar refractivity (Wildman–Crippen MR) is 61.4 cm³/mol. The summed E-state index contributed by atoms with van der Waals surface area (Å²) in [4.78, 5) is 25.0. The van der Waals surface area contributed by atoms with Crippen molar-refractivity contribution in [3.05, 3.63) is 22.3 Å². The Kier molecular flexibility index (Phi) is 4.53. The van der Waals surface area contributed by atoms with E-state index in [1.165, 1.54) is 6.08 Å². The van der Waals surface area contributed by atoms with Gasteiger partial charge in [0.2, 0.25) is 5.88 Å². The van der Waals surface area contributed by atoms with Gasteiger partial charge in [-0.3, -0.25) is 9.36 Å². The largest absolute Gasteiger partial charge is 0.493 e. The van der Waals surface area contributed by atoms with Gasteiger partial charge in [-0.1, -0.05) is 6.08 Å². The molecule has 0 amide bonds. The second-order valence-electron chi connectivity index (χ2n) is 3.20. The van der Waals surface area contributed by atoms with Crippen LogP contribution in [0.1, 0.15) is 12.6 Å². The molecular weight excluding hydrogens is 226 g/mol. The zero-order valence-corrected chi connectivity index (χ0v) is 9.47. The van der Waals surface area contributed by atoms with Crippen LogP contribution in [0.2, 0.25) is 0 Å². The highest BCUT2D eigenvalue weighted by molar-refractivity contribution is 5.69. The first-order valence-electron chi connectivity index (χ1n) is 5.14. The summed E-state index contributed by atoms with van der Waals surface area (Å²) in [6.07, 6.45) is 3.04. The Bertz CT molecular complexity index is 472. The summed E-state index contributed by atoms with van der Waals surface area (Å²) in [5.74, 6) is -0.897. The molecule has 7 heteroatoms. The summed E-state index contributed by atoms with van der Waals surface area (Å²) in [7, 11) is 0. The number of hydrogen-bond donors (Lipinski definition) is 3. The predicted octanol–water partition coefficient (Wildman–Crippen LogP) is -0.583. The molecule has 0 unspecified atom stereocenters. The number of ether oxygens (including phenoxy) is 1. The highest BCUT2D eigenvalue weighted by atomic mass is 16.5. The molecular formula is C10H15N3O4. The summed E-state index contributed by atoms with van der Waals surface area (Å²) in [6, 6.07) is 0. The van der Waals surface area contributed by atoms with E-state index in [4.69, 9.17) is 5.73 Å². The van der Waals surface area contributed by atoms with Crippen LogP contribution in [0.4, 0.5) is 0 Å². The number of H-pyrrole nitrogens is 1. The number of nitrogens with zero attached hydrogens (tertiary/aromatic N) is 1. The van der Waals surface area contributed by atoms with Gasteiger partial charge in [0, 0.05) is 6.54 Å². The molecule has 94 valence electrons. The van der Waals surface area contributed by atoms with E-state index in [1.807, 2.05) is 0 Å². The monoisotopic (exact) mass is 241 g/mol. The number of rotatable bonds is 5. The summed E-state index contributed by atoms with van der Waals surface area (Å²) in [5.41, 5.74) is 4.89. The van der Waals surface area contributed by atoms with Gasteiger partial charge in [-0.15, -0.1) is 0 Å². The number of esters is 1. The number of aromatic nitrogens is 2. The van der Waals surface area contributed by atoms with Crippen LogP contribution in [0.5, 0.6) is 5.88 Å². The van der Waals surface area contributed by atoms with Crippen LogP contribution >= 0.6 is 0 Å². The molecule has 0 saturated heterocycles. The molecule has 0 aliphatic heterocycles. The van der Waals surface area contributed by atoms with Crippen molar-refractivity contribution in [1.82, 2.24) is 9.55 Å². The Labute approximate surface area is 97.5 Å². The van der Waals surface area contributed by atoms with E-state index in [0.717, 1.165) is 4.57 Å². The maximum Gasteiger partial charge on any atom is 0.329 e. The molecule has 0 fully saturated rings. The molecule has 1 aromatic rings. The Balaban J connectivity index is 2.93. The number of imidazole rings is 1. The SMILES string of the molecule is CCOC(=O)Cn1c(O)c(C=CCN)[nH]c1=O. The fourth-order valence-electron chi connectivity index (χ4n) is 1.26. The van der Waals surface area contributed by atoms with E-state index >= 15 is 0 Å². The molecule has 0 atom stereocenters. The lowest BCUT2D eigenvalue weighted by atomic mass is 10.4. The van der Waals surface area contributed by atoms with Crippen molar-refractivity contribution in [1.29, 1.82) is 0 Å². The lowest BCUT2D eigenvalue weighted by Crippen LogP contribution is -2.22. The van der Waals surface area contributed by atoms with E-state index in [1.54, 1.807) is 13.0 Å². The van der Waals surface area contributed by atoms with Crippen molar-refractivity contribution in [2.45, 2.75) is 13.5 Å². The topological polar surface area (TPSA) is 110 Å². The standard InChI is InChI=1S/C10H15N3O4/c1-2-17-8(14)6-13-9(15)7(4-3-5-11)12-10(13)16/h3-4,15H,2,5-6,11H2,1H3,(H,12,16). The highest BCUT2D eigenvalue weighted by Gasteiger charge is 2.14. The van der Waals surface area contributed by atoms with Gasteiger partial charge in [0.1, 0.15) is 12.2 Å². The normalized spacial score (nSPS) is 10.9. The van der Waals surface area contributed by atoms with Crippen molar-refractivity contribution in [3.63, 3.8) is 0 Å². The first kappa shape index (κ1) is 13.0. The number of carbonyl (C=O) groups is 1. The first-order valence-corrected chi connectivity index (χ1v) is 5.14. The Morgan fingerprint density at radius 2 is 2.35 bits per heavy atom. The fourth-order valence-corrected chi connectivity index (χ4v) is 1.26. The Hall–Kier alpha value is -2.02. The number of nitrogens with one attached hydrogen (secondary N) is 1. The average Bonchev–Trinajstić information content (AvgIpc) is 2.54. The molecule has 0 aromatic carbocycles. The van der Waals surface area contributed by atoms with E-state index in [2.05, 4.69) is 9.72 Å². The van der Waals surface area contributed by atoms with Crippen molar-refractivity contribution in [3.8, 4) is 5.88 Å². The van der Waals surface area contributed by atoms with Crippen LogP contribution in [0.25, 0.3) is 6.08 Å². The third kappa shape index (κ3) is 3.22. The molecule has 1 heterocycles. The van der Waals surface area contributed by atoms with Gasteiger partial charge in [-0.2, -0.15) is 0 Å². The zero-order chi connectivity index (χ0) is 12.8. The van der Waals surface area contributed by atoms with Gasteiger partial charge in [0.05, 0.1) is 6.61 Å². The van der Waals surface area contributed by atoms with Crippen LogP contribution in [0.15, 0.2) is 10.9 Å². The lowest BCUT2D eigenvalue weighted by molar-refractivity contribution is -0.143. The van der Waals surface area contributed by atoms with Gasteiger partial charge >= 0.3 is 11.7 Å². The number of aromatic amines is 1. The Morgan fingerprint density at radius 3 is 2.94 bits per heavy atom. The van der Waals surface area contributed by atoms with Crippen molar-refractivity contribution >= 4 is 12.0 Å². The quantitative estimate of drug-likeness (QED) is 0.597. The van der Waals surface area contributed by atoms with Gasteiger partial charge in [0.15, 0.2) is 0 Å². The molecule has 0 spiro atoms. The molecule has 0 aliphatic carbocycles. The molecule has 4 N–H and O–H groups in total. The van der Waals surface area contributed by atoms with Crippen LogP contribution < -0.4 is 11.4 Å². The number of hydrogen-bond acceptors (Lipinski definition) is 5. The van der Waals surface area contributed by atoms with Crippen molar-refractivity contribution < 1.29 is 14.6 Å². The lowest BCUT2D eigenvalue weighted by Gasteiger charge is -2.02. The van der Waals surface area contributed by atoms with E-state index < -0.39 is 11.7 Å². The second kappa shape index (κ2) is 5.90. The summed E-state index contributed by atoms with van der Waals surface area (Å²) in [6.45, 7) is 1.84. The summed E-state index contributed by atoms with van der Waals surface area (Å²) >= 11 is 0. The Morgan fingerprint density at radius 1 is 1.65 bits per heavy atom. The number of aromatic hydroxyl groups is 1. The smallest absolute Gasteiger partial charge is 0.329 e. The van der Waals surface area contributed by atoms with E-state index in [0.29, 0.717) is 0 Å². The minimum Gasteiger partial charge on any atom is -0.493 e. The highest BCUT2D eigenvalue weighted by Crippen LogP contribution is 2.13. The molecule has 1 rings (SSSR count). The van der Waals surface area contributed by atoms with Gasteiger partial charge < -0.3 is 20.6 Å². The number of carbonyl (C=O) groups excluding carboxylic acids is 1. The second-order valence-corrected chi connectivity index (χ2v) is 3.20. The maximum absolute atomic E-state index is 11.4. The fraction of sp³-hybridized carbons (Fsp3) is 0.400. The van der Waals surface area contributed by atoms with Crippen molar-refractivity contribution in [2.75, 3.05) is 13.2 Å². The minimum absolute atomic E-state index is 0.213. The molecule has 0 aliphatic rings. The first-order chi connectivity index (χ1) is 8.10. The van der Waals surface area contributed by atoms with E-state index in [9.17, 15) is 14.7 Å². The minimum atomic E-state index is -0.585. The molecule has 0 radical (unpaired) electrons. The van der Waals surface area contributed by atoms with Crippen LogP contribution in [-0.4, -0.2) is 33.8 Å². The molecule has 0 saturated carbocycles. The van der Waals surface area contributed by atoms with Crippen molar-refractivity contribution in [2.24, 2.45) is 5.73 Å². The number of nitrogens with two attached hydrogens (primary N) is 1. The van der Waals surface area contributed by atoms with Gasteiger partial charge in [0.25, 0.3) is 0 Å². The van der Waals surface area contributed by atoms with Crippen LogP contribution in [0, 0.1) is 0 Å². The molecule has 1 aromatic heterocycles. The summed E-state index contributed by atoms with van der Waals surface area (Å²) < 4.78 is 5.58. The molecule has 7 nitrogen and oxygen atoms in total. The van der Waals surface area contributed by atoms with E-state index in [-0.39, 0.29) is 31.3 Å². The summed E-state index contributed by atoms with van der Waals surface area (Å²) in [5, 5.41) is 9.69. The maximum atomic E-state index is 11.4. The average molecular weight is 241 g/mol. The molecule has 17 heavy (non-hydrogen) atoms. The van der Waals surface area contributed by atoms with Gasteiger partial charge in [-0.05, 0) is 13.0 Å². The van der Waals surface area contributed by atoms with Gasteiger partial charge in [-0.25, -0.2) is 4.79 Å².